The molecule has 0 aliphatic carbocycles. The van der Waals surface area contributed by atoms with Crippen molar-refractivity contribution < 1.29 is 19.1 Å². The normalized spacial score (nSPS) is 10.2. The highest BCUT2D eigenvalue weighted by Crippen LogP contribution is 2.14. The Labute approximate surface area is 119 Å². The molecule has 0 unspecified atom stereocenters. The third-order valence-electron chi connectivity index (χ3n) is 2.48. The van der Waals surface area contributed by atoms with E-state index >= 15 is 0 Å². The Morgan fingerprint density at radius 2 is 1.95 bits per heavy atom. The second-order valence-corrected chi connectivity index (χ2v) is 5.03. The molecule has 0 spiro atoms. The summed E-state index contributed by atoms with van der Waals surface area (Å²) in [7, 11) is 0. The van der Waals surface area contributed by atoms with Crippen molar-refractivity contribution >= 4 is 27.8 Å². The summed E-state index contributed by atoms with van der Waals surface area (Å²) in [6.45, 7) is 0.451. The summed E-state index contributed by atoms with van der Waals surface area (Å²) in [5, 5.41) is 11.1. The molecule has 0 heterocycles. The number of rotatable bonds is 7. The number of nitrogens with one attached hydrogen (secondary N) is 1. The third-order valence-corrected chi connectivity index (χ3v) is 2.94. The second-order valence-electron chi connectivity index (χ2n) is 4.12. The van der Waals surface area contributed by atoms with Crippen LogP contribution in [0.1, 0.15) is 36.0 Å². The van der Waals surface area contributed by atoms with E-state index in [9.17, 15) is 14.0 Å². The van der Waals surface area contributed by atoms with Gasteiger partial charge in [-0.1, -0.05) is 22.4 Å². The zero-order valence-electron chi connectivity index (χ0n) is 10.3. The monoisotopic (exact) mass is 331 g/mol. The van der Waals surface area contributed by atoms with E-state index < -0.39 is 11.8 Å². The summed E-state index contributed by atoms with van der Waals surface area (Å²) < 4.78 is 13.6. The Morgan fingerprint density at radius 3 is 2.58 bits per heavy atom. The molecule has 0 saturated heterocycles. The number of halogens is 2. The molecule has 0 aromatic heterocycles. The molecule has 6 heteroatoms. The number of carbonyl (C=O) groups is 2. The Balaban J connectivity index is 2.29. The average Bonchev–Trinajstić information content (AvgIpc) is 2.31. The van der Waals surface area contributed by atoms with Gasteiger partial charge in [0.15, 0.2) is 0 Å². The zero-order chi connectivity index (χ0) is 14.3. The summed E-state index contributed by atoms with van der Waals surface area (Å²) >= 11 is 3.12. The molecule has 0 bridgehead atoms. The number of carboxylic acids is 1. The van der Waals surface area contributed by atoms with Crippen LogP contribution in [0.4, 0.5) is 4.39 Å². The smallest absolute Gasteiger partial charge is 0.303 e. The summed E-state index contributed by atoms with van der Waals surface area (Å²) in [6.07, 6.45) is 2.18. The van der Waals surface area contributed by atoms with E-state index in [4.69, 9.17) is 5.11 Å². The van der Waals surface area contributed by atoms with Crippen molar-refractivity contribution in [1.82, 2.24) is 5.32 Å². The van der Waals surface area contributed by atoms with E-state index in [1.165, 1.54) is 12.1 Å². The van der Waals surface area contributed by atoms with E-state index in [1.807, 2.05) is 0 Å². The number of hydrogen-bond donors (Lipinski definition) is 2. The van der Waals surface area contributed by atoms with Gasteiger partial charge in [0, 0.05) is 23.0 Å². The van der Waals surface area contributed by atoms with Crippen LogP contribution in [0, 0.1) is 5.82 Å². The lowest BCUT2D eigenvalue weighted by Crippen LogP contribution is -2.24. The number of aliphatic carboxylic acids is 1. The highest BCUT2D eigenvalue weighted by atomic mass is 79.9. The van der Waals surface area contributed by atoms with Gasteiger partial charge < -0.3 is 10.4 Å². The molecule has 0 saturated carbocycles. The van der Waals surface area contributed by atoms with Crippen LogP contribution in [0.15, 0.2) is 22.7 Å². The van der Waals surface area contributed by atoms with Crippen LogP contribution in [0.2, 0.25) is 0 Å². The topological polar surface area (TPSA) is 66.4 Å². The fourth-order valence-corrected chi connectivity index (χ4v) is 2.03. The highest BCUT2D eigenvalue weighted by Gasteiger charge is 2.07. The molecule has 1 amide bonds. The lowest BCUT2D eigenvalue weighted by molar-refractivity contribution is -0.137. The molecular formula is C13H15BrFNO3. The molecule has 1 rings (SSSR count). The van der Waals surface area contributed by atoms with Crippen molar-refractivity contribution in [3.05, 3.63) is 34.1 Å². The van der Waals surface area contributed by atoms with E-state index in [0.717, 1.165) is 6.42 Å². The molecule has 104 valence electrons. The first-order chi connectivity index (χ1) is 8.99. The van der Waals surface area contributed by atoms with Gasteiger partial charge in [0.1, 0.15) is 5.82 Å². The first-order valence-electron chi connectivity index (χ1n) is 5.95. The first-order valence-corrected chi connectivity index (χ1v) is 6.74. The highest BCUT2D eigenvalue weighted by molar-refractivity contribution is 9.10. The number of hydrogen-bond acceptors (Lipinski definition) is 2. The second kappa shape index (κ2) is 7.89. The van der Waals surface area contributed by atoms with E-state index in [0.29, 0.717) is 23.9 Å². The zero-order valence-corrected chi connectivity index (χ0v) is 11.9. The number of carbonyl (C=O) groups excluding carboxylic acids is 1. The van der Waals surface area contributed by atoms with Crippen molar-refractivity contribution in [1.29, 1.82) is 0 Å². The number of benzene rings is 1. The van der Waals surface area contributed by atoms with Crippen LogP contribution < -0.4 is 5.32 Å². The van der Waals surface area contributed by atoms with Gasteiger partial charge in [-0.25, -0.2) is 4.39 Å². The molecule has 0 aliphatic rings. The van der Waals surface area contributed by atoms with Gasteiger partial charge in [-0.3, -0.25) is 9.59 Å². The van der Waals surface area contributed by atoms with Crippen molar-refractivity contribution in [2.75, 3.05) is 6.54 Å². The fourth-order valence-electron chi connectivity index (χ4n) is 1.57. The fraction of sp³-hybridized carbons (Fsp3) is 0.385. The average molecular weight is 332 g/mol. The van der Waals surface area contributed by atoms with Gasteiger partial charge in [0.25, 0.3) is 5.91 Å². The minimum absolute atomic E-state index is 0.144. The molecule has 2 N–H and O–H groups in total. The van der Waals surface area contributed by atoms with Crippen LogP contribution in [-0.4, -0.2) is 23.5 Å². The van der Waals surface area contributed by atoms with Gasteiger partial charge in [-0.2, -0.15) is 0 Å². The number of amides is 1. The van der Waals surface area contributed by atoms with Crippen molar-refractivity contribution in [3.8, 4) is 0 Å². The molecule has 0 radical (unpaired) electrons. The Hall–Kier alpha value is -1.43. The summed E-state index contributed by atoms with van der Waals surface area (Å²) in [5.74, 6) is -1.62. The third kappa shape index (κ3) is 6.33. The lowest BCUT2D eigenvalue weighted by Gasteiger charge is -2.05. The largest absolute Gasteiger partial charge is 0.481 e. The van der Waals surface area contributed by atoms with Gasteiger partial charge in [0.05, 0.1) is 0 Å². The summed E-state index contributed by atoms with van der Waals surface area (Å²) in [5.41, 5.74) is 0.261. The number of unbranched alkanes of at least 4 members (excludes halogenated alkanes) is 2. The maximum atomic E-state index is 13.1. The molecule has 4 nitrogen and oxygen atoms in total. The first kappa shape index (κ1) is 15.6. The van der Waals surface area contributed by atoms with Crippen LogP contribution >= 0.6 is 15.9 Å². The maximum absolute atomic E-state index is 13.1. The molecule has 0 aliphatic heterocycles. The SMILES string of the molecule is O=C(O)CCCCCNC(=O)c1cc(F)cc(Br)c1. The Kier molecular flexibility index (Phi) is 6.49. The minimum Gasteiger partial charge on any atom is -0.481 e. The minimum atomic E-state index is -0.811. The van der Waals surface area contributed by atoms with Crippen LogP contribution in [0.5, 0.6) is 0 Å². The van der Waals surface area contributed by atoms with Crippen molar-refractivity contribution in [2.45, 2.75) is 25.7 Å². The van der Waals surface area contributed by atoms with Gasteiger partial charge >= 0.3 is 5.97 Å². The molecule has 19 heavy (non-hydrogen) atoms. The van der Waals surface area contributed by atoms with Gasteiger partial charge in [0.2, 0.25) is 0 Å². The molecule has 1 aromatic carbocycles. The van der Waals surface area contributed by atoms with E-state index in [-0.39, 0.29) is 17.9 Å². The summed E-state index contributed by atoms with van der Waals surface area (Å²) in [6, 6.07) is 4.00. The standard InChI is InChI=1S/C13H15BrFNO3/c14-10-6-9(7-11(15)8-10)13(19)16-5-3-1-2-4-12(17)18/h6-8H,1-5H2,(H,16,19)(H,17,18). The molecule has 0 atom stereocenters. The molecule has 1 aromatic rings. The van der Waals surface area contributed by atoms with E-state index in [2.05, 4.69) is 21.2 Å². The molecule has 0 fully saturated rings. The van der Waals surface area contributed by atoms with Crippen molar-refractivity contribution in [2.24, 2.45) is 0 Å². The van der Waals surface area contributed by atoms with Crippen molar-refractivity contribution in [3.63, 3.8) is 0 Å². The maximum Gasteiger partial charge on any atom is 0.303 e. The quantitative estimate of drug-likeness (QED) is 0.755. The van der Waals surface area contributed by atoms with Crippen LogP contribution in [-0.2, 0) is 4.79 Å². The van der Waals surface area contributed by atoms with Crippen LogP contribution in [0.25, 0.3) is 0 Å². The van der Waals surface area contributed by atoms with Crippen LogP contribution in [0.3, 0.4) is 0 Å². The Bertz CT molecular complexity index is 445. The van der Waals surface area contributed by atoms with Gasteiger partial charge in [-0.05, 0) is 31.0 Å². The molecular weight excluding hydrogens is 317 g/mol. The number of carboxylic acid groups (broad SMARTS) is 1. The predicted octanol–water partition coefficient (Wildman–Crippen LogP) is 2.96. The predicted molar refractivity (Wildman–Crippen MR) is 72.5 cm³/mol. The van der Waals surface area contributed by atoms with E-state index in [1.54, 1.807) is 6.07 Å². The lowest BCUT2D eigenvalue weighted by atomic mass is 10.2. The summed E-state index contributed by atoms with van der Waals surface area (Å²) in [4.78, 5) is 22.0. The van der Waals surface area contributed by atoms with Gasteiger partial charge in [-0.15, -0.1) is 0 Å². The Morgan fingerprint density at radius 1 is 1.21 bits per heavy atom.